The van der Waals surface area contributed by atoms with Gasteiger partial charge in [-0.15, -0.1) is 0 Å². The van der Waals surface area contributed by atoms with Crippen LogP contribution in [0.4, 0.5) is 0 Å². The summed E-state index contributed by atoms with van der Waals surface area (Å²) < 4.78 is 0. The molecule has 3 aromatic heterocycles. The van der Waals surface area contributed by atoms with Crippen molar-refractivity contribution in [3.05, 3.63) is 95.7 Å². The molecule has 4 rings (SSSR count). The van der Waals surface area contributed by atoms with E-state index in [-0.39, 0.29) is 11.7 Å². The first-order chi connectivity index (χ1) is 12.7. The second-order valence-electron chi connectivity index (χ2n) is 6.39. The number of rotatable bonds is 4. The van der Waals surface area contributed by atoms with Crippen LogP contribution in [0.2, 0.25) is 0 Å². The molecule has 0 fully saturated rings. The van der Waals surface area contributed by atoms with E-state index in [0.717, 1.165) is 27.9 Å². The molecule has 0 saturated carbocycles. The van der Waals surface area contributed by atoms with Crippen LogP contribution in [0, 0.1) is 6.92 Å². The van der Waals surface area contributed by atoms with E-state index < -0.39 is 0 Å². The van der Waals surface area contributed by atoms with E-state index in [1.165, 1.54) is 0 Å². The molecule has 0 saturated heterocycles. The van der Waals surface area contributed by atoms with E-state index in [1.807, 2.05) is 67.7 Å². The molecule has 0 bridgehead atoms. The van der Waals surface area contributed by atoms with Gasteiger partial charge in [-0.25, -0.2) is 0 Å². The summed E-state index contributed by atoms with van der Waals surface area (Å²) in [6, 6.07) is 17.8. The standard InChI is InChI=1S/C22H19N3O/c1-15-5-2-8-18(25-15)13-20(17-7-3-11-23-14-17)19-10-9-16-6-4-12-24-21(16)22(19)26/h2-12,14,20,26H,13H2,1H3. The van der Waals surface area contributed by atoms with Crippen LogP contribution in [0.1, 0.15) is 28.4 Å². The summed E-state index contributed by atoms with van der Waals surface area (Å²) in [6.07, 6.45) is 5.99. The Morgan fingerprint density at radius 2 is 1.85 bits per heavy atom. The fourth-order valence-electron chi connectivity index (χ4n) is 3.34. The zero-order valence-electron chi connectivity index (χ0n) is 14.5. The predicted octanol–water partition coefficient (Wildman–Crippen LogP) is 4.41. The zero-order valence-corrected chi connectivity index (χ0v) is 14.5. The Bertz CT molecular complexity index is 1050. The lowest BCUT2D eigenvalue weighted by molar-refractivity contribution is 0.469. The van der Waals surface area contributed by atoms with Gasteiger partial charge >= 0.3 is 0 Å². The highest BCUT2D eigenvalue weighted by atomic mass is 16.3. The van der Waals surface area contributed by atoms with E-state index in [9.17, 15) is 5.11 Å². The number of aryl methyl sites for hydroxylation is 1. The molecule has 0 spiro atoms. The maximum absolute atomic E-state index is 10.9. The van der Waals surface area contributed by atoms with Crippen molar-refractivity contribution >= 4 is 10.9 Å². The fraction of sp³-hybridized carbons (Fsp3) is 0.136. The van der Waals surface area contributed by atoms with Gasteiger partial charge in [-0.2, -0.15) is 0 Å². The van der Waals surface area contributed by atoms with Crippen LogP contribution in [0.3, 0.4) is 0 Å². The Kier molecular flexibility index (Phi) is 4.32. The lowest BCUT2D eigenvalue weighted by Gasteiger charge is -2.19. The van der Waals surface area contributed by atoms with Gasteiger partial charge in [-0.1, -0.05) is 30.3 Å². The summed E-state index contributed by atoms with van der Waals surface area (Å²) in [5.41, 5.74) is 4.47. The summed E-state index contributed by atoms with van der Waals surface area (Å²) in [5, 5.41) is 11.8. The molecule has 4 nitrogen and oxygen atoms in total. The molecule has 1 aromatic carbocycles. The minimum Gasteiger partial charge on any atom is -0.505 e. The Hall–Kier alpha value is -3.27. The molecule has 4 heteroatoms. The monoisotopic (exact) mass is 341 g/mol. The minimum absolute atomic E-state index is 0.0515. The van der Waals surface area contributed by atoms with Gasteiger partial charge in [-0.05, 0) is 36.8 Å². The van der Waals surface area contributed by atoms with Gasteiger partial charge in [0, 0.05) is 53.3 Å². The van der Waals surface area contributed by atoms with Gasteiger partial charge < -0.3 is 5.11 Å². The molecular formula is C22H19N3O. The van der Waals surface area contributed by atoms with Crippen LogP contribution < -0.4 is 0 Å². The number of aromatic nitrogens is 3. The van der Waals surface area contributed by atoms with Crippen molar-refractivity contribution in [3.63, 3.8) is 0 Å². The summed E-state index contributed by atoms with van der Waals surface area (Å²) >= 11 is 0. The highest BCUT2D eigenvalue weighted by Crippen LogP contribution is 2.37. The third-order valence-corrected chi connectivity index (χ3v) is 4.60. The average molecular weight is 341 g/mol. The van der Waals surface area contributed by atoms with E-state index >= 15 is 0 Å². The van der Waals surface area contributed by atoms with E-state index in [0.29, 0.717) is 11.9 Å². The maximum Gasteiger partial charge on any atom is 0.145 e. The highest BCUT2D eigenvalue weighted by molar-refractivity contribution is 5.85. The first-order valence-electron chi connectivity index (χ1n) is 8.61. The number of benzene rings is 1. The second kappa shape index (κ2) is 6.92. The summed E-state index contributed by atoms with van der Waals surface area (Å²) in [5.74, 6) is 0.175. The van der Waals surface area contributed by atoms with E-state index in [1.54, 1.807) is 12.4 Å². The van der Waals surface area contributed by atoms with Crippen molar-refractivity contribution in [1.29, 1.82) is 0 Å². The third-order valence-electron chi connectivity index (χ3n) is 4.60. The van der Waals surface area contributed by atoms with Crippen molar-refractivity contribution in [2.24, 2.45) is 0 Å². The highest BCUT2D eigenvalue weighted by Gasteiger charge is 2.21. The molecule has 1 N–H and O–H groups in total. The SMILES string of the molecule is Cc1cccc(CC(c2cccnc2)c2ccc3cccnc3c2O)n1. The van der Waals surface area contributed by atoms with Crippen LogP contribution in [-0.2, 0) is 6.42 Å². The molecule has 0 aliphatic rings. The Morgan fingerprint density at radius 3 is 2.65 bits per heavy atom. The molecule has 0 amide bonds. The van der Waals surface area contributed by atoms with Gasteiger partial charge in [0.2, 0.25) is 0 Å². The Labute approximate surface area is 152 Å². The molecule has 3 heterocycles. The van der Waals surface area contributed by atoms with Crippen molar-refractivity contribution in [2.45, 2.75) is 19.3 Å². The van der Waals surface area contributed by atoms with Gasteiger partial charge in [-0.3, -0.25) is 15.0 Å². The molecule has 0 aliphatic carbocycles. The lowest BCUT2D eigenvalue weighted by Crippen LogP contribution is -2.08. The van der Waals surface area contributed by atoms with Crippen molar-refractivity contribution in [3.8, 4) is 5.75 Å². The van der Waals surface area contributed by atoms with Crippen LogP contribution in [0.15, 0.2) is 73.2 Å². The van der Waals surface area contributed by atoms with E-state index in [2.05, 4.69) is 15.0 Å². The van der Waals surface area contributed by atoms with E-state index in [4.69, 9.17) is 0 Å². The molecule has 0 radical (unpaired) electrons. The van der Waals surface area contributed by atoms with Crippen LogP contribution >= 0.6 is 0 Å². The third kappa shape index (κ3) is 3.14. The molecular weight excluding hydrogens is 322 g/mol. The normalized spacial score (nSPS) is 12.2. The smallest absolute Gasteiger partial charge is 0.145 e. The number of fused-ring (bicyclic) bond motifs is 1. The molecule has 0 aliphatic heterocycles. The van der Waals surface area contributed by atoms with Crippen LogP contribution in [-0.4, -0.2) is 20.1 Å². The first kappa shape index (κ1) is 16.2. The molecule has 1 atom stereocenters. The molecule has 1 unspecified atom stereocenters. The summed E-state index contributed by atoms with van der Waals surface area (Å²) in [4.78, 5) is 13.3. The summed E-state index contributed by atoms with van der Waals surface area (Å²) in [6.45, 7) is 1.99. The fourth-order valence-corrected chi connectivity index (χ4v) is 3.34. The molecule has 26 heavy (non-hydrogen) atoms. The quantitative estimate of drug-likeness (QED) is 0.597. The largest absolute Gasteiger partial charge is 0.505 e. The van der Waals surface area contributed by atoms with Crippen molar-refractivity contribution in [1.82, 2.24) is 15.0 Å². The van der Waals surface area contributed by atoms with Crippen molar-refractivity contribution < 1.29 is 5.11 Å². The van der Waals surface area contributed by atoms with Gasteiger partial charge in [0.15, 0.2) is 0 Å². The molecule has 128 valence electrons. The van der Waals surface area contributed by atoms with Crippen LogP contribution in [0.5, 0.6) is 5.75 Å². The number of phenolic OH excluding ortho intramolecular Hbond substituents is 1. The molecule has 4 aromatic rings. The predicted molar refractivity (Wildman–Crippen MR) is 102 cm³/mol. The van der Waals surface area contributed by atoms with Gasteiger partial charge in [0.05, 0.1) is 0 Å². The number of phenols is 1. The summed E-state index contributed by atoms with van der Waals surface area (Å²) in [7, 11) is 0. The second-order valence-corrected chi connectivity index (χ2v) is 6.39. The maximum atomic E-state index is 10.9. The number of nitrogens with zero attached hydrogens (tertiary/aromatic N) is 3. The number of hydrogen-bond donors (Lipinski definition) is 1. The lowest BCUT2D eigenvalue weighted by atomic mass is 9.87. The zero-order chi connectivity index (χ0) is 17.9. The number of hydrogen-bond acceptors (Lipinski definition) is 4. The first-order valence-corrected chi connectivity index (χ1v) is 8.61. The Balaban J connectivity index is 1.84. The number of aromatic hydroxyl groups is 1. The van der Waals surface area contributed by atoms with Gasteiger partial charge in [0.1, 0.15) is 11.3 Å². The number of pyridine rings is 3. The Morgan fingerprint density at radius 1 is 0.962 bits per heavy atom. The average Bonchev–Trinajstić information content (AvgIpc) is 2.68. The van der Waals surface area contributed by atoms with Crippen molar-refractivity contribution in [2.75, 3.05) is 0 Å². The van der Waals surface area contributed by atoms with Crippen LogP contribution in [0.25, 0.3) is 10.9 Å². The topological polar surface area (TPSA) is 58.9 Å². The van der Waals surface area contributed by atoms with Gasteiger partial charge in [0.25, 0.3) is 0 Å². The minimum atomic E-state index is -0.0515.